The highest BCUT2D eigenvalue weighted by Crippen LogP contribution is 2.08. The number of ether oxygens (including phenoxy) is 3. The lowest BCUT2D eigenvalue weighted by molar-refractivity contribution is -0.146. The molecule has 1 saturated heterocycles. The highest BCUT2D eigenvalue weighted by molar-refractivity contribution is 5.69. The number of carbonyl (C=O) groups excluding carboxylic acids is 2. The van der Waals surface area contributed by atoms with E-state index in [4.69, 9.17) is 14.2 Å². The highest BCUT2D eigenvalue weighted by atomic mass is 16.6. The first-order chi connectivity index (χ1) is 8.79. The van der Waals surface area contributed by atoms with Gasteiger partial charge in [-0.2, -0.15) is 0 Å². The summed E-state index contributed by atoms with van der Waals surface area (Å²) in [6, 6.07) is 0. The van der Waals surface area contributed by atoms with Gasteiger partial charge in [-0.25, -0.2) is 0 Å². The van der Waals surface area contributed by atoms with Crippen LogP contribution in [0, 0.1) is 0 Å². The van der Waals surface area contributed by atoms with Crippen LogP contribution in [0.1, 0.15) is 44.9 Å². The summed E-state index contributed by atoms with van der Waals surface area (Å²) in [6.45, 7) is 1.24. The van der Waals surface area contributed by atoms with E-state index >= 15 is 0 Å². The number of hydrogen-bond donors (Lipinski definition) is 0. The summed E-state index contributed by atoms with van der Waals surface area (Å²) >= 11 is 0. The largest absolute Gasteiger partial charge is 0.463 e. The maximum absolute atomic E-state index is 11.3. The van der Waals surface area contributed by atoms with Gasteiger partial charge in [-0.3, -0.25) is 9.59 Å². The van der Waals surface area contributed by atoms with Gasteiger partial charge in [-0.15, -0.1) is 0 Å². The Hall–Kier alpha value is -1.10. The molecule has 1 heterocycles. The van der Waals surface area contributed by atoms with Crippen molar-refractivity contribution in [1.29, 1.82) is 0 Å². The van der Waals surface area contributed by atoms with Crippen molar-refractivity contribution in [2.24, 2.45) is 0 Å². The van der Waals surface area contributed by atoms with Gasteiger partial charge < -0.3 is 14.2 Å². The maximum atomic E-state index is 11.3. The summed E-state index contributed by atoms with van der Waals surface area (Å²) in [5.41, 5.74) is 0. The van der Waals surface area contributed by atoms with E-state index in [9.17, 15) is 9.59 Å². The molecule has 0 aromatic rings. The molecule has 1 fully saturated rings. The molecule has 104 valence electrons. The predicted molar refractivity (Wildman–Crippen MR) is 65.1 cm³/mol. The van der Waals surface area contributed by atoms with Gasteiger partial charge in [0.25, 0.3) is 0 Å². The lowest BCUT2D eigenvalue weighted by atomic mass is 10.1. The van der Waals surface area contributed by atoms with E-state index < -0.39 is 0 Å². The van der Waals surface area contributed by atoms with Crippen molar-refractivity contribution >= 4 is 11.9 Å². The van der Waals surface area contributed by atoms with Gasteiger partial charge in [0.05, 0.1) is 13.2 Å². The van der Waals surface area contributed by atoms with Crippen LogP contribution < -0.4 is 0 Å². The van der Waals surface area contributed by atoms with Gasteiger partial charge >= 0.3 is 11.9 Å². The second-order valence-corrected chi connectivity index (χ2v) is 4.32. The Morgan fingerprint density at radius 1 is 0.611 bits per heavy atom. The van der Waals surface area contributed by atoms with Crippen LogP contribution in [0.25, 0.3) is 0 Å². The Balaban J connectivity index is 2.21. The smallest absolute Gasteiger partial charge is 0.305 e. The third-order valence-corrected chi connectivity index (χ3v) is 2.74. The van der Waals surface area contributed by atoms with Crippen molar-refractivity contribution in [3.05, 3.63) is 0 Å². The van der Waals surface area contributed by atoms with Gasteiger partial charge in [-0.05, 0) is 12.8 Å². The molecule has 18 heavy (non-hydrogen) atoms. The summed E-state index contributed by atoms with van der Waals surface area (Å²) in [5, 5.41) is 0. The fraction of sp³-hybridized carbons (Fsp3) is 0.846. The summed E-state index contributed by atoms with van der Waals surface area (Å²) in [6.07, 6.45) is 5.70. The highest BCUT2D eigenvalue weighted by Gasteiger charge is 2.05. The second-order valence-electron chi connectivity index (χ2n) is 4.32. The van der Waals surface area contributed by atoms with E-state index in [-0.39, 0.29) is 25.2 Å². The Labute approximate surface area is 108 Å². The van der Waals surface area contributed by atoms with Crippen molar-refractivity contribution < 1.29 is 23.8 Å². The quantitative estimate of drug-likeness (QED) is 0.620. The molecule has 0 aromatic carbocycles. The third kappa shape index (κ3) is 8.06. The van der Waals surface area contributed by atoms with Crippen LogP contribution >= 0.6 is 0 Å². The van der Waals surface area contributed by atoms with Gasteiger partial charge in [0.2, 0.25) is 0 Å². The minimum absolute atomic E-state index is 0.155. The van der Waals surface area contributed by atoms with E-state index in [0.29, 0.717) is 26.1 Å². The fourth-order valence-corrected chi connectivity index (χ4v) is 1.74. The van der Waals surface area contributed by atoms with E-state index in [1.807, 2.05) is 0 Å². The predicted octanol–water partition coefficient (Wildman–Crippen LogP) is 1.83. The minimum Gasteiger partial charge on any atom is -0.463 e. The van der Waals surface area contributed by atoms with Gasteiger partial charge in [-0.1, -0.05) is 19.3 Å². The molecular formula is C13H22O5. The first kappa shape index (κ1) is 15.0. The van der Waals surface area contributed by atoms with Gasteiger partial charge in [0, 0.05) is 12.8 Å². The maximum Gasteiger partial charge on any atom is 0.305 e. The Morgan fingerprint density at radius 3 is 1.56 bits per heavy atom. The topological polar surface area (TPSA) is 61.8 Å². The summed E-state index contributed by atoms with van der Waals surface area (Å²) < 4.78 is 15.2. The average molecular weight is 258 g/mol. The lowest BCUT2D eigenvalue weighted by Gasteiger charge is -2.08. The molecule has 0 aliphatic carbocycles. The first-order valence-electron chi connectivity index (χ1n) is 6.68. The van der Waals surface area contributed by atoms with Crippen molar-refractivity contribution in [3.8, 4) is 0 Å². The molecule has 5 nitrogen and oxygen atoms in total. The Kier molecular flexibility index (Phi) is 8.21. The van der Waals surface area contributed by atoms with E-state index in [1.165, 1.54) is 0 Å². The molecule has 1 rings (SSSR count). The number of hydrogen-bond acceptors (Lipinski definition) is 5. The molecule has 0 N–H and O–H groups in total. The third-order valence-electron chi connectivity index (χ3n) is 2.74. The van der Waals surface area contributed by atoms with Crippen LogP contribution in [0.3, 0.4) is 0 Å². The van der Waals surface area contributed by atoms with Crippen LogP contribution in [0.4, 0.5) is 0 Å². The summed E-state index contributed by atoms with van der Waals surface area (Å²) in [4.78, 5) is 22.5. The summed E-state index contributed by atoms with van der Waals surface area (Å²) in [5.74, 6) is -0.311. The molecule has 1 aliphatic heterocycles. The van der Waals surface area contributed by atoms with Crippen LogP contribution in [0.2, 0.25) is 0 Å². The number of esters is 2. The molecule has 0 spiro atoms. The molecule has 0 bridgehead atoms. The zero-order valence-electron chi connectivity index (χ0n) is 10.8. The number of rotatable bonds is 0. The van der Waals surface area contributed by atoms with E-state index in [0.717, 1.165) is 32.1 Å². The Morgan fingerprint density at radius 2 is 1.06 bits per heavy atom. The van der Waals surface area contributed by atoms with E-state index in [2.05, 4.69) is 0 Å². The van der Waals surface area contributed by atoms with Crippen molar-refractivity contribution in [3.63, 3.8) is 0 Å². The van der Waals surface area contributed by atoms with Crippen LogP contribution in [-0.4, -0.2) is 38.4 Å². The van der Waals surface area contributed by atoms with Gasteiger partial charge in [0.1, 0.15) is 13.2 Å². The molecule has 5 heteroatoms. The number of carbonyl (C=O) groups is 2. The fourth-order valence-electron chi connectivity index (χ4n) is 1.74. The molecule has 0 unspecified atom stereocenters. The molecule has 0 radical (unpaired) electrons. The Bertz CT molecular complexity index is 206. The molecule has 0 saturated carbocycles. The SMILES string of the molecule is O=C1CCCCCCCC(=O)OCCOCCO1. The van der Waals surface area contributed by atoms with Gasteiger partial charge in [0.15, 0.2) is 0 Å². The zero-order chi connectivity index (χ0) is 13.1. The standard InChI is InChI=1S/C13H22O5/c14-12-6-4-2-1-3-5-7-13(15)18-11-9-16-8-10-17-12/h1-11H2. The van der Waals surface area contributed by atoms with E-state index in [1.54, 1.807) is 0 Å². The molecule has 0 amide bonds. The molecule has 0 atom stereocenters. The lowest BCUT2D eigenvalue weighted by Crippen LogP contribution is -2.14. The molecule has 0 aromatic heterocycles. The van der Waals surface area contributed by atoms with Crippen LogP contribution in [0.15, 0.2) is 0 Å². The monoisotopic (exact) mass is 258 g/mol. The van der Waals surface area contributed by atoms with Crippen LogP contribution in [0.5, 0.6) is 0 Å². The average Bonchev–Trinajstić information content (AvgIpc) is 2.35. The van der Waals surface area contributed by atoms with Crippen molar-refractivity contribution in [2.75, 3.05) is 26.4 Å². The van der Waals surface area contributed by atoms with Crippen LogP contribution in [-0.2, 0) is 23.8 Å². The summed E-state index contributed by atoms with van der Waals surface area (Å²) in [7, 11) is 0. The van der Waals surface area contributed by atoms with Crippen molar-refractivity contribution in [1.82, 2.24) is 0 Å². The minimum atomic E-state index is -0.155. The normalized spacial score (nSPS) is 22.0. The molecular weight excluding hydrogens is 236 g/mol. The second kappa shape index (κ2) is 9.88. The molecule has 1 aliphatic rings. The van der Waals surface area contributed by atoms with Crippen molar-refractivity contribution in [2.45, 2.75) is 44.9 Å². The zero-order valence-corrected chi connectivity index (χ0v) is 10.8. The number of cyclic esters (lactones) is 2. The first-order valence-corrected chi connectivity index (χ1v) is 6.68.